The van der Waals surface area contributed by atoms with Gasteiger partial charge in [0.05, 0.1) is 6.20 Å². The number of halogens is 1. The van der Waals surface area contributed by atoms with E-state index in [2.05, 4.69) is 20.9 Å². The SMILES string of the molecule is O=C(CCCSc1ncco1)c1ccc(Br)cc1. The van der Waals surface area contributed by atoms with Crippen LogP contribution in [0.15, 0.2) is 50.8 Å². The second-order valence-electron chi connectivity index (χ2n) is 3.68. The third-order valence-corrected chi connectivity index (χ3v) is 3.82. The molecular formula is C13H12BrNO2S. The number of hydrogen-bond acceptors (Lipinski definition) is 4. The van der Waals surface area contributed by atoms with Crippen LogP contribution in [0, 0.1) is 0 Å². The minimum absolute atomic E-state index is 0.176. The van der Waals surface area contributed by atoms with Crippen molar-refractivity contribution in [1.29, 1.82) is 0 Å². The summed E-state index contributed by atoms with van der Waals surface area (Å²) in [5.74, 6) is 1.01. The van der Waals surface area contributed by atoms with E-state index in [0.29, 0.717) is 11.6 Å². The summed E-state index contributed by atoms with van der Waals surface area (Å²) < 4.78 is 6.08. The summed E-state index contributed by atoms with van der Waals surface area (Å²) in [5.41, 5.74) is 0.763. The summed E-state index contributed by atoms with van der Waals surface area (Å²) in [5, 5.41) is 0.658. The Kier molecular flexibility index (Phi) is 5.01. The fourth-order valence-electron chi connectivity index (χ4n) is 1.45. The summed E-state index contributed by atoms with van der Waals surface area (Å²) in [6.45, 7) is 0. The molecular weight excluding hydrogens is 314 g/mol. The zero-order valence-corrected chi connectivity index (χ0v) is 12.0. The van der Waals surface area contributed by atoms with Crippen molar-refractivity contribution in [3.8, 4) is 0 Å². The Morgan fingerprint density at radius 2 is 2.11 bits per heavy atom. The van der Waals surface area contributed by atoms with E-state index >= 15 is 0 Å². The molecule has 0 bridgehead atoms. The zero-order chi connectivity index (χ0) is 12.8. The third-order valence-electron chi connectivity index (χ3n) is 2.35. The molecule has 18 heavy (non-hydrogen) atoms. The molecule has 0 aliphatic carbocycles. The number of ketones is 1. The minimum Gasteiger partial charge on any atom is -0.440 e. The van der Waals surface area contributed by atoms with Gasteiger partial charge in [0.2, 0.25) is 0 Å². The molecule has 94 valence electrons. The molecule has 2 rings (SSSR count). The van der Waals surface area contributed by atoms with Gasteiger partial charge < -0.3 is 4.42 Å². The molecule has 0 radical (unpaired) electrons. The van der Waals surface area contributed by atoms with E-state index < -0.39 is 0 Å². The van der Waals surface area contributed by atoms with Gasteiger partial charge in [0.15, 0.2) is 5.78 Å². The van der Waals surface area contributed by atoms with Gasteiger partial charge in [-0.1, -0.05) is 39.8 Å². The lowest BCUT2D eigenvalue weighted by Crippen LogP contribution is -1.99. The number of thioether (sulfide) groups is 1. The summed E-state index contributed by atoms with van der Waals surface area (Å²) in [6, 6.07) is 7.45. The van der Waals surface area contributed by atoms with Crippen LogP contribution in [0.5, 0.6) is 0 Å². The molecule has 2 aromatic rings. The van der Waals surface area contributed by atoms with Crippen LogP contribution in [-0.4, -0.2) is 16.5 Å². The van der Waals surface area contributed by atoms with Crippen molar-refractivity contribution in [2.75, 3.05) is 5.75 Å². The van der Waals surface area contributed by atoms with Gasteiger partial charge in [0.25, 0.3) is 5.22 Å². The quantitative estimate of drug-likeness (QED) is 0.453. The van der Waals surface area contributed by atoms with Crippen LogP contribution in [-0.2, 0) is 0 Å². The number of rotatable bonds is 6. The van der Waals surface area contributed by atoms with Crippen LogP contribution < -0.4 is 0 Å². The smallest absolute Gasteiger partial charge is 0.255 e. The molecule has 0 unspecified atom stereocenters. The maximum Gasteiger partial charge on any atom is 0.255 e. The highest BCUT2D eigenvalue weighted by Crippen LogP contribution is 2.18. The molecule has 0 aliphatic rings. The van der Waals surface area contributed by atoms with E-state index in [-0.39, 0.29) is 5.78 Å². The highest BCUT2D eigenvalue weighted by Gasteiger charge is 2.06. The Hall–Kier alpha value is -1.07. The van der Waals surface area contributed by atoms with Crippen LogP contribution in [0.1, 0.15) is 23.2 Å². The Labute approximate surface area is 118 Å². The number of Topliss-reactive ketones (excluding diaryl/α,β-unsaturated/α-hetero) is 1. The van der Waals surface area contributed by atoms with Gasteiger partial charge in [0, 0.05) is 22.2 Å². The monoisotopic (exact) mass is 325 g/mol. The van der Waals surface area contributed by atoms with E-state index in [1.54, 1.807) is 12.5 Å². The lowest BCUT2D eigenvalue weighted by atomic mass is 10.1. The topological polar surface area (TPSA) is 43.1 Å². The van der Waals surface area contributed by atoms with Crippen molar-refractivity contribution in [3.05, 3.63) is 46.8 Å². The van der Waals surface area contributed by atoms with Crippen LogP contribution >= 0.6 is 27.7 Å². The number of benzene rings is 1. The molecule has 0 fully saturated rings. The molecule has 0 saturated carbocycles. The first-order valence-corrected chi connectivity index (χ1v) is 7.34. The number of hydrogen-bond donors (Lipinski definition) is 0. The summed E-state index contributed by atoms with van der Waals surface area (Å²) in [4.78, 5) is 15.9. The van der Waals surface area contributed by atoms with Crippen LogP contribution in [0.3, 0.4) is 0 Å². The number of oxazole rings is 1. The standard InChI is InChI=1S/C13H12BrNO2S/c14-11-5-3-10(4-6-11)12(16)2-1-9-18-13-15-7-8-17-13/h3-8H,1-2,9H2. The van der Waals surface area contributed by atoms with Gasteiger partial charge in [-0.2, -0.15) is 0 Å². The van der Waals surface area contributed by atoms with Gasteiger partial charge in [-0.25, -0.2) is 4.98 Å². The molecule has 1 aromatic carbocycles. The molecule has 0 N–H and O–H groups in total. The summed E-state index contributed by atoms with van der Waals surface area (Å²) >= 11 is 4.88. The Bertz CT molecular complexity index is 496. The lowest BCUT2D eigenvalue weighted by Gasteiger charge is -2.00. The molecule has 5 heteroatoms. The lowest BCUT2D eigenvalue weighted by molar-refractivity contribution is 0.0982. The van der Waals surface area contributed by atoms with Crippen LogP contribution in [0.2, 0.25) is 0 Å². The third kappa shape index (κ3) is 3.99. The molecule has 1 aromatic heterocycles. The first kappa shape index (κ1) is 13.4. The largest absolute Gasteiger partial charge is 0.440 e. The highest BCUT2D eigenvalue weighted by molar-refractivity contribution is 9.10. The fraction of sp³-hybridized carbons (Fsp3) is 0.231. The van der Waals surface area contributed by atoms with Crippen molar-refractivity contribution in [2.45, 2.75) is 18.1 Å². The average molecular weight is 326 g/mol. The minimum atomic E-state index is 0.176. The molecule has 0 aliphatic heterocycles. The average Bonchev–Trinajstić information content (AvgIpc) is 2.88. The zero-order valence-electron chi connectivity index (χ0n) is 9.64. The molecule has 0 amide bonds. The first-order chi connectivity index (χ1) is 8.75. The second kappa shape index (κ2) is 6.75. The molecule has 0 atom stereocenters. The van der Waals surface area contributed by atoms with Crippen molar-refractivity contribution < 1.29 is 9.21 Å². The fourth-order valence-corrected chi connectivity index (χ4v) is 2.44. The van der Waals surface area contributed by atoms with E-state index in [4.69, 9.17) is 4.42 Å². The highest BCUT2D eigenvalue weighted by atomic mass is 79.9. The van der Waals surface area contributed by atoms with Crippen molar-refractivity contribution in [3.63, 3.8) is 0 Å². The van der Waals surface area contributed by atoms with E-state index in [1.165, 1.54) is 11.8 Å². The summed E-state index contributed by atoms with van der Waals surface area (Å²) in [7, 11) is 0. The molecule has 3 nitrogen and oxygen atoms in total. The van der Waals surface area contributed by atoms with Gasteiger partial charge in [0.1, 0.15) is 6.26 Å². The number of carbonyl (C=O) groups is 1. The number of carbonyl (C=O) groups excluding carboxylic acids is 1. The molecule has 0 spiro atoms. The van der Waals surface area contributed by atoms with E-state index in [9.17, 15) is 4.79 Å². The molecule has 1 heterocycles. The second-order valence-corrected chi connectivity index (χ2v) is 5.64. The number of aromatic nitrogens is 1. The van der Waals surface area contributed by atoms with Crippen molar-refractivity contribution in [1.82, 2.24) is 4.98 Å². The van der Waals surface area contributed by atoms with Crippen molar-refractivity contribution in [2.24, 2.45) is 0 Å². The van der Waals surface area contributed by atoms with E-state index in [1.807, 2.05) is 24.3 Å². The van der Waals surface area contributed by atoms with Crippen LogP contribution in [0.4, 0.5) is 0 Å². The molecule has 0 saturated heterocycles. The Morgan fingerprint density at radius 1 is 1.33 bits per heavy atom. The maximum atomic E-state index is 11.9. The summed E-state index contributed by atoms with van der Waals surface area (Å²) in [6.07, 6.45) is 4.54. The van der Waals surface area contributed by atoms with E-state index in [0.717, 1.165) is 22.2 Å². The predicted octanol–water partition coefficient (Wildman–Crippen LogP) is 4.19. The van der Waals surface area contributed by atoms with Crippen LogP contribution in [0.25, 0.3) is 0 Å². The maximum absolute atomic E-state index is 11.9. The van der Waals surface area contributed by atoms with Gasteiger partial charge in [-0.15, -0.1) is 0 Å². The van der Waals surface area contributed by atoms with Gasteiger partial charge >= 0.3 is 0 Å². The number of nitrogens with zero attached hydrogens (tertiary/aromatic N) is 1. The van der Waals surface area contributed by atoms with Gasteiger partial charge in [-0.05, 0) is 18.6 Å². The van der Waals surface area contributed by atoms with Crippen molar-refractivity contribution >= 4 is 33.5 Å². The van der Waals surface area contributed by atoms with Gasteiger partial charge in [-0.3, -0.25) is 4.79 Å². The first-order valence-electron chi connectivity index (χ1n) is 5.57. The Balaban J connectivity index is 1.73. The normalized spacial score (nSPS) is 10.5. The Morgan fingerprint density at radius 3 is 2.78 bits per heavy atom. The predicted molar refractivity (Wildman–Crippen MR) is 74.9 cm³/mol.